The third-order valence-corrected chi connectivity index (χ3v) is 7.65. The highest BCUT2D eigenvalue weighted by Gasteiger charge is 2.16. The fraction of sp³-hybridized carbons (Fsp3) is 0.0526. The third kappa shape index (κ3) is 4.24. The van der Waals surface area contributed by atoms with Crippen LogP contribution in [0, 0.1) is 13.8 Å². The van der Waals surface area contributed by atoms with Crippen molar-refractivity contribution in [3.8, 4) is 44.8 Å². The van der Waals surface area contributed by atoms with Gasteiger partial charge in [-0.1, -0.05) is 109 Å². The summed E-state index contributed by atoms with van der Waals surface area (Å²) in [5.41, 5.74) is 11.2. The van der Waals surface area contributed by atoms with Crippen molar-refractivity contribution in [2.45, 2.75) is 13.8 Å². The van der Waals surface area contributed by atoms with Crippen LogP contribution in [0.5, 0.6) is 0 Å². The van der Waals surface area contributed by atoms with Gasteiger partial charge < -0.3 is 0 Å². The molecule has 0 radical (unpaired) electrons. The van der Waals surface area contributed by atoms with E-state index in [0.717, 1.165) is 33.9 Å². The van der Waals surface area contributed by atoms with Gasteiger partial charge in [-0.25, -0.2) is 0 Å². The van der Waals surface area contributed by atoms with Crippen molar-refractivity contribution in [3.63, 3.8) is 0 Å². The average Bonchev–Trinajstić information content (AvgIpc) is 3.00. The van der Waals surface area contributed by atoms with Crippen molar-refractivity contribution < 1.29 is 0 Å². The van der Waals surface area contributed by atoms with Crippen molar-refractivity contribution in [1.82, 2.24) is 9.97 Å². The van der Waals surface area contributed by atoms with Gasteiger partial charge in [0.1, 0.15) is 0 Å². The third-order valence-electron chi connectivity index (χ3n) is 7.65. The molecule has 0 fully saturated rings. The molecule has 40 heavy (non-hydrogen) atoms. The van der Waals surface area contributed by atoms with Crippen LogP contribution >= 0.6 is 0 Å². The molecule has 0 spiro atoms. The molecule has 0 unspecified atom stereocenters. The maximum absolute atomic E-state index is 4.72. The molecule has 0 atom stereocenters. The van der Waals surface area contributed by atoms with Gasteiger partial charge in [0.05, 0.1) is 11.4 Å². The minimum absolute atomic E-state index is 1.00. The average molecular weight is 513 g/mol. The Morgan fingerprint density at radius 2 is 0.650 bits per heavy atom. The highest BCUT2D eigenvalue weighted by atomic mass is 14.7. The zero-order valence-corrected chi connectivity index (χ0v) is 22.6. The Balaban J connectivity index is 1.40. The van der Waals surface area contributed by atoms with Crippen LogP contribution < -0.4 is 0 Å². The van der Waals surface area contributed by atoms with Gasteiger partial charge in [0.15, 0.2) is 0 Å². The molecule has 2 heteroatoms. The maximum atomic E-state index is 4.72. The predicted molar refractivity (Wildman–Crippen MR) is 168 cm³/mol. The number of aromatic nitrogens is 2. The monoisotopic (exact) mass is 512 g/mol. The fourth-order valence-corrected chi connectivity index (χ4v) is 5.77. The highest BCUT2D eigenvalue weighted by molar-refractivity contribution is 6.21. The molecule has 5 aromatic carbocycles. The smallest absolute Gasteiger partial charge is 0.0705 e. The molecule has 0 amide bonds. The number of nitrogens with zero attached hydrogens (tertiary/aromatic N) is 2. The Bertz CT molecular complexity index is 1800. The van der Waals surface area contributed by atoms with Gasteiger partial charge in [0, 0.05) is 22.5 Å². The molecule has 2 aromatic heterocycles. The van der Waals surface area contributed by atoms with Crippen LogP contribution in [0.1, 0.15) is 11.4 Å². The number of rotatable bonds is 4. The summed E-state index contributed by atoms with van der Waals surface area (Å²) in [4.78, 5) is 9.43. The maximum Gasteiger partial charge on any atom is 0.0705 e. The molecular weight excluding hydrogens is 484 g/mol. The molecule has 2 nitrogen and oxygen atoms in total. The van der Waals surface area contributed by atoms with Gasteiger partial charge in [0.2, 0.25) is 0 Å². The second kappa shape index (κ2) is 9.91. The molecule has 0 aliphatic rings. The summed E-state index contributed by atoms with van der Waals surface area (Å²) in [6.07, 6.45) is 0. The molecule has 0 saturated carbocycles. The Morgan fingerprint density at radius 1 is 0.325 bits per heavy atom. The lowest BCUT2D eigenvalue weighted by atomic mass is 9.85. The summed E-state index contributed by atoms with van der Waals surface area (Å²) in [6.45, 7) is 4.06. The number of benzene rings is 5. The van der Waals surface area contributed by atoms with Gasteiger partial charge in [-0.3, -0.25) is 9.97 Å². The number of hydrogen-bond donors (Lipinski definition) is 0. The quantitative estimate of drug-likeness (QED) is 0.219. The van der Waals surface area contributed by atoms with Gasteiger partial charge in [-0.2, -0.15) is 0 Å². The molecule has 0 aliphatic heterocycles. The summed E-state index contributed by atoms with van der Waals surface area (Å²) in [7, 11) is 0. The van der Waals surface area contributed by atoms with E-state index < -0.39 is 0 Å². The van der Waals surface area contributed by atoms with Gasteiger partial charge >= 0.3 is 0 Å². The van der Waals surface area contributed by atoms with Crippen LogP contribution in [-0.4, -0.2) is 9.97 Å². The standard InChI is InChI=1S/C38H28N2/c1-25-9-7-15-35(39-25)27-17-21-29(22-18-27)37-31-11-3-5-13-33(31)38(34-14-6-4-12-32(34)37)30-23-19-28(20-24-30)36-16-8-10-26(2)40-36/h3-24H,1-2H3. The number of pyridine rings is 2. The molecule has 0 saturated heterocycles. The number of hydrogen-bond acceptors (Lipinski definition) is 2. The summed E-state index contributed by atoms with van der Waals surface area (Å²) >= 11 is 0. The van der Waals surface area contributed by atoms with Crippen LogP contribution in [0.2, 0.25) is 0 Å². The lowest BCUT2D eigenvalue weighted by Gasteiger charge is -2.18. The second-order valence-electron chi connectivity index (χ2n) is 10.3. The SMILES string of the molecule is Cc1cccc(-c2ccc(-c3c4ccccc4c(-c4ccc(-c5cccc(C)n5)cc4)c4ccccc34)cc2)n1. The van der Waals surface area contributed by atoms with E-state index in [2.05, 4.69) is 121 Å². The van der Waals surface area contributed by atoms with Gasteiger partial charge in [0.25, 0.3) is 0 Å². The first-order valence-electron chi connectivity index (χ1n) is 13.7. The summed E-state index contributed by atoms with van der Waals surface area (Å²) in [6, 6.07) is 47.6. The molecule has 190 valence electrons. The fourth-order valence-electron chi connectivity index (χ4n) is 5.77. The topological polar surface area (TPSA) is 25.8 Å². The molecule has 2 heterocycles. The first kappa shape index (κ1) is 24.0. The number of fused-ring (bicyclic) bond motifs is 2. The molecule has 7 aromatic rings. The Kier molecular flexibility index (Phi) is 5.94. The highest BCUT2D eigenvalue weighted by Crippen LogP contribution is 2.44. The number of aryl methyl sites for hydroxylation is 2. The zero-order valence-electron chi connectivity index (χ0n) is 22.6. The van der Waals surface area contributed by atoms with Crippen LogP contribution in [0.4, 0.5) is 0 Å². The molecule has 0 N–H and O–H groups in total. The first-order valence-corrected chi connectivity index (χ1v) is 13.7. The molecule has 0 bridgehead atoms. The predicted octanol–water partition coefficient (Wildman–Crippen LogP) is 10.1. The Hall–Kier alpha value is -5.08. The lowest BCUT2D eigenvalue weighted by Crippen LogP contribution is -1.92. The van der Waals surface area contributed by atoms with E-state index in [4.69, 9.17) is 9.97 Å². The van der Waals surface area contributed by atoms with E-state index in [0.29, 0.717) is 0 Å². The molecular formula is C38H28N2. The normalized spacial score (nSPS) is 11.2. The minimum atomic E-state index is 1.00. The summed E-state index contributed by atoms with van der Waals surface area (Å²) in [5, 5.41) is 5.01. The Morgan fingerprint density at radius 3 is 0.975 bits per heavy atom. The van der Waals surface area contributed by atoms with Crippen LogP contribution in [-0.2, 0) is 0 Å². The minimum Gasteiger partial charge on any atom is -0.253 e. The first-order chi connectivity index (χ1) is 19.7. The summed E-state index contributed by atoms with van der Waals surface area (Å²) < 4.78 is 0. The van der Waals surface area contributed by atoms with Crippen molar-refractivity contribution in [2.75, 3.05) is 0 Å². The largest absolute Gasteiger partial charge is 0.253 e. The molecule has 0 aliphatic carbocycles. The van der Waals surface area contributed by atoms with Crippen molar-refractivity contribution in [3.05, 3.63) is 145 Å². The van der Waals surface area contributed by atoms with Gasteiger partial charge in [-0.05, 0) is 81.9 Å². The molecule has 7 rings (SSSR count). The lowest BCUT2D eigenvalue weighted by molar-refractivity contribution is 1.20. The van der Waals surface area contributed by atoms with Gasteiger partial charge in [-0.15, -0.1) is 0 Å². The van der Waals surface area contributed by atoms with Crippen molar-refractivity contribution >= 4 is 21.5 Å². The summed E-state index contributed by atoms with van der Waals surface area (Å²) in [5.74, 6) is 0. The second-order valence-corrected chi connectivity index (χ2v) is 10.3. The van der Waals surface area contributed by atoms with E-state index in [-0.39, 0.29) is 0 Å². The van der Waals surface area contributed by atoms with E-state index in [9.17, 15) is 0 Å². The van der Waals surface area contributed by atoms with E-state index in [1.807, 2.05) is 26.0 Å². The van der Waals surface area contributed by atoms with Crippen LogP contribution in [0.15, 0.2) is 133 Å². The van der Waals surface area contributed by atoms with Crippen molar-refractivity contribution in [1.29, 1.82) is 0 Å². The van der Waals surface area contributed by atoms with Crippen molar-refractivity contribution in [2.24, 2.45) is 0 Å². The van der Waals surface area contributed by atoms with Crippen LogP contribution in [0.3, 0.4) is 0 Å². The van der Waals surface area contributed by atoms with Crippen LogP contribution in [0.25, 0.3) is 66.3 Å². The zero-order chi connectivity index (χ0) is 27.1. The van der Waals surface area contributed by atoms with E-state index >= 15 is 0 Å². The Labute approximate surface area is 234 Å². The van der Waals surface area contributed by atoms with E-state index in [1.165, 1.54) is 43.8 Å². The van der Waals surface area contributed by atoms with E-state index in [1.54, 1.807) is 0 Å².